The summed E-state index contributed by atoms with van der Waals surface area (Å²) in [4.78, 5) is 27.2. The van der Waals surface area contributed by atoms with Crippen LogP contribution in [0, 0.1) is 5.92 Å². The summed E-state index contributed by atoms with van der Waals surface area (Å²) < 4.78 is 5.69. The Kier molecular flexibility index (Phi) is 7.20. The molecule has 1 fully saturated rings. The van der Waals surface area contributed by atoms with E-state index in [9.17, 15) is 9.59 Å². The second kappa shape index (κ2) is 10.0. The Labute approximate surface area is 166 Å². The molecule has 0 spiro atoms. The number of carbonyl (C=O) groups is 2. The first-order valence-electron chi connectivity index (χ1n) is 10.0. The maximum absolute atomic E-state index is 12.6. The minimum Gasteiger partial charge on any atom is -0.491 e. The first-order chi connectivity index (χ1) is 13.7. The number of nitrogens with zero attached hydrogens (tertiary/aromatic N) is 1. The van der Waals surface area contributed by atoms with Crippen LogP contribution >= 0.6 is 0 Å². The second-order valence-corrected chi connectivity index (χ2v) is 7.17. The fourth-order valence-corrected chi connectivity index (χ4v) is 3.49. The van der Waals surface area contributed by atoms with Crippen LogP contribution in [0.5, 0.6) is 5.75 Å². The van der Waals surface area contributed by atoms with Crippen LogP contribution in [0.1, 0.15) is 36.5 Å². The Bertz CT molecular complexity index is 783. The predicted molar refractivity (Wildman–Crippen MR) is 111 cm³/mol. The monoisotopic (exact) mass is 380 g/mol. The van der Waals surface area contributed by atoms with Gasteiger partial charge in [0.2, 0.25) is 5.91 Å². The topological polar surface area (TPSA) is 58.6 Å². The normalized spacial score (nSPS) is 15.2. The van der Waals surface area contributed by atoms with Gasteiger partial charge in [-0.1, -0.05) is 49.4 Å². The van der Waals surface area contributed by atoms with E-state index < -0.39 is 0 Å². The maximum Gasteiger partial charge on any atom is 0.238 e. The van der Waals surface area contributed by atoms with E-state index >= 15 is 0 Å². The number of benzene rings is 2. The largest absolute Gasteiger partial charge is 0.491 e. The Hall–Kier alpha value is -2.66. The second-order valence-electron chi connectivity index (χ2n) is 7.17. The molecular formula is C23H28N2O3. The number of ketones is 1. The number of carbonyl (C=O) groups excluding carboxylic acids is 2. The summed E-state index contributed by atoms with van der Waals surface area (Å²) in [6, 6.07) is 17.0. The van der Waals surface area contributed by atoms with Crippen molar-refractivity contribution in [1.29, 1.82) is 0 Å². The molecule has 2 aromatic rings. The Balaban J connectivity index is 1.48. The average Bonchev–Trinajstić information content (AvgIpc) is 2.74. The first kappa shape index (κ1) is 20.1. The van der Waals surface area contributed by atoms with Crippen molar-refractivity contribution in [3.8, 4) is 5.75 Å². The van der Waals surface area contributed by atoms with Gasteiger partial charge in [-0.3, -0.25) is 14.5 Å². The van der Waals surface area contributed by atoms with E-state index in [1.165, 1.54) is 0 Å². The molecule has 0 unspecified atom stereocenters. The van der Waals surface area contributed by atoms with E-state index in [0.717, 1.165) is 37.9 Å². The van der Waals surface area contributed by atoms with Crippen molar-refractivity contribution < 1.29 is 14.3 Å². The molecule has 0 radical (unpaired) electrons. The molecule has 1 amide bonds. The number of amides is 1. The van der Waals surface area contributed by atoms with Crippen molar-refractivity contribution >= 4 is 17.4 Å². The SMILES string of the molecule is CCCOc1ccccc1NC(=O)CN1CCC(C(=O)c2ccccc2)CC1. The predicted octanol–water partition coefficient (Wildman–Crippen LogP) is 4.01. The molecule has 5 nitrogen and oxygen atoms in total. The fraction of sp³-hybridized carbons (Fsp3) is 0.391. The lowest BCUT2D eigenvalue weighted by Crippen LogP contribution is -2.40. The number of hydrogen-bond acceptors (Lipinski definition) is 4. The molecule has 1 saturated heterocycles. The van der Waals surface area contributed by atoms with Crippen LogP contribution in [0.4, 0.5) is 5.69 Å². The van der Waals surface area contributed by atoms with Gasteiger partial charge in [-0.05, 0) is 44.5 Å². The van der Waals surface area contributed by atoms with Gasteiger partial charge >= 0.3 is 0 Å². The lowest BCUT2D eigenvalue weighted by atomic mass is 9.89. The number of nitrogens with one attached hydrogen (secondary N) is 1. The van der Waals surface area contributed by atoms with Gasteiger partial charge in [0, 0.05) is 11.5 Å². The van der Waals surface area contributed by atoms with Gasteiger partial charge in [0.05, 0.1) is 18.8 Å². The maximum atomic E-state index is 12.6. The van der Waals surface area contributed by atoms with Gasteiger partial charge < -0.3 is 10.1 Å². The lowest BCUT2D eigenvalue weighted by Gasteiger charge is -2.30. The van der Waals surface area contributed by atoms with Gasteiger partial charge in [-0.25, -0.2) is 0 Å². The summed E-state index contributed by atoms with van der Waals surface area (Å²) >= 11 is 0. The quantitative estimate of drug-likeness (QED) is 0.703. The van der Waals surface area contributed by atoms with E-state index in [2.05, 4.69) is 10.2 Å². The van der Waals surface area contributed by atoms with Gasteiger partial charge in [0.1, 0.15) is 5.75 Å². The summed E-state index contributed by atoms with van der Waals surface area (Å²) in [7, 11) is 0. The molecule has 0 saturated carbocycles. The first-order valence-corrected chi connectivity index (χ1v) is 10.0. The van der Waals surface area contributed by atoms with Crippen LogP contribution in [-0.2, 0) is 4.79 Å². The highest BCUT2D eigenvalue weighted by atomic mass is 16.5. The summed E-state index contributed by atoms with van der Waals surface area (Å²) in [5, 5.41) is 2.95. The van der Waals surface area contributed by atoms with Gasteiger partial charge in [-0.2, -0.15) is 0 Å². The van der Waals surface area contributed by atoms with E-state index in [1.54, 1.807) is 0 Å². The van der Waals surface area contributed by atoms with Crippen molar-refractivity contribution in [3.05, 3.63) is 60.2 Å². The summed E-state index contributed by atoms with van der Waals surface area (Å²) in [5.41, 5.74) is 1.48. The molecule has 148 valence electrons. The molecule has 0 bridgehead atoms. The van der Waals surface area contributed by atoms with E-state index in [0.29, 0.717) is 24.6 Å². The van der Waals surface area contributed by atoms with E-state index in [4.69, 9.17) is 4.74 Å². The molecule has 3 rings (SSSR count). The minimum atomic E-state index is -0.0552. The lowest BCUT2D eigenvalue weighted by molar-refractivity contribution is -0.117. The minimum absolute atomic E-state index is 0.0462. The molecule has 5 heteroatoms. The van der Waals surface area contributed by atoms with E-state index in [-0.39, 0.29) is 17.6 Å². The number of anilines is 1. The van der Waals surface area contributed by atoms with Crippen molar-refractivity contribution in [2.45, 2.75) is 26.2 Å². The fourth-order valence-electron chi connectivity index (χ4n) is 3.49. The van der Waals surface area contributed by atoms with Crippen LogP contribution < -0.4 is 10.1 Å². The summed E-state index contributed by atoms with van der Waals surface area (Å²) in [5.74, 6) is 0.904. The smallest absolute Gasteiger partial charge is 0.238 e. The molecule has 0 aromatic heterocycles. The van der Waals surface area contributed by atoms with Gasteiger partial charge in [0.25, 0.3) is 0 Å². The van der Waals surface area contributed by atoms with Crippen molar-refractivity contribution in [2.24, 2.45) is 5.92 Å². The molecule has 28 heavy (non-hydrogen) atoms. The van der Waals surface area contributed by atoms with Crippen LogP contribution in [0.2, 0.25) is 0 Å². The van der Waals surface area contributed by atoms with Gasteiger partial charge in [0.15, 0.2) is 5.78 Å². The highest BCUT2D eigenvalue weighted by molar-refractivity contribution is 5.98. The zero-order valence-electron chi connectivity index (χ0n) is 16.4. The third kappa shape index (κ3) is 5.42. The van der Waals surface area contributed by atoms with Crippen LogP contribution in [-0.4, -0.2) is 42.8 Å². The molecule has 0 atom stereocenters. The number of Topliss-reactive ketones (excluding diaryl/α,β-unsaturated/α-hetero) is 1. The van der Waals surface area contributed by atoms with Crippen molar-refractivity contribution in [2.75, 3.05) is 31.6 Å². The molecule has 1 N–H and O–H groups in total. The number of likely N-dealkylation sites (tertiary alicyclic amines) is 1. The number of ether oxygens (including phenoxy) is 1. The van der Waals surface area contributed by atoms with Crippen molar-refractivity contribution in [1.82, 2.24) is 4.90 Å². The number of hydrogen-bond donors (Lipinski definition) is 1. The zero-order valence-corrected chi connectivity index (χ0v) is 16.4. The highest BCUT2D eigenvalue weighted by Gasteiger charge is 2.26. The molecule has 0 aliphatic carbocycles. The summed E-state index contributed by atoms with van der Waals surface area (Å²) in [6.07, 6.45) is 2.49. The molecule has 1 aliphatic heterocycles. The van der Waals surface area contributed by atoms with Gasteiger partial charge in [-0.15, -0.1) is 0 Å². The Morgan fingerprint density at radius 2 is 1.71 bits per heavy atom. The van der Waals surface area contributed by atoms with Crippen LogP contribution in [0.25, 0.3) is 0 Å². The van der Waals surface area contributed by atoms with Crippen molar-refractivity contribution in [3.63, 3.8) is 0 Å². The number of rotatable bonds is 8. The third-order valence-corrected chi connectivity index (χ3v) is 5.01. The Morgan fingerprint density at radius 3 is 2.43 bits per heavy atom. The van der Waals surface area contributed by atoms with Crippen LogP contribution in [0.3, 0.4) is 0 Å². The summed E-state index contributed by atoms with van der Waals surface area (Å²) in [6.45, 7) is 4.51. The highest BCUT2D eigenvalue weighted by Crippen LogP contribution is 2.25. The Morgan fingerprint density at radius 1 is 1.04 bits per heavy atom. The van der Waals surface area contributed by atoms with E-state index in [1.807, 2.05) is 61.5 Å². The molecule has 2 aromatic carbocycles. The van der Waals surface area contributed by atoms with Crippen LogP contribution in [0.15, 0.2) is 54.6 Å². The zero-order chi connectivity index (χ0) is 19.8. The number of para-hydroxylation sites is 2. The molecular weight excluding hydrogens is 352 g/mol. The molecule has 1 aliphatic rings. The number of piperidine rings is 1. The third-order valence-electron chi connectivity index (χ3n) is 5.01. The standard InChI is InChI=1S/C23H28N2O3/c1-2-16-28-21-11-7-6-10-20(21)24-22(26)17-25-14-12-19(13-15-25)23(27)18-8-4-3-5-9-18/h3-11,19H,2,12-17H2,1H3,(H,24,26). The average molecular weight is 380 g/mol. The molecule has 1 heterocycles.